The summed E-state index contributed by atoms with van der Waals surface area (Å²) < 4.78 is 28.6. The first-order valence-electron chi connectivity index (χ1n) is 12.3. The number of amides is 3. The van der Waals surface area contributed by atoms with Crippen LogP contribution < -0.4 is 16.2 Å². The molecule has 0 aliphatic carbocycles. The van der Waals surface area contributed by atoms with Crippen LogP contribution in [-0.2, 0) is 19.6 Å². The molecule has 2 aromatic carbocycles. The minimum absolute atomic E-state index is 0. The number of nitrogen functional groups attached to an aromatic ring is 1. The van der Waals surface area contributed by atoms with Crippen LogP contribution in [0.4, 0.5) is 10.5 Å². The molecule has 15 heteroatoms. The fourth-order valence-corrected chi connectivity index (χ4v) is 6.04. The second kappa shape index (κ2) is 13.9. The van der Waals surface area contributed by atoms with Crippen molar-refractivity contribution in [3.05, 3.63) is 64.0 Å². The predicted octanol–water partition coefficient (Wildman–Crippen LogP) is 3.40. The van der Waals surface area contributed by atoms with Gasteiger partial charge in [-0.2, -0.15) is 9.73 Å². The fraction of sp³-hybridized carbons (Fsp3) is 0.400. The van der Waals surface area contributed by atoms with Gasteiger partial charge < -0.3 is 16.4 Å². The molecule has 218 valence electrons. The SMILES string of the molecule is CC(C)C[C@@H](NS(=O)(=O)c1ccccc1)C(=O)N1CCC[C@H]1C(=O)C(c1cc(Cl)ccc1N)N(N=O)C(N)=O.Cl. The van der Waals surface area contributed by atoms with Crippen molar-refractivity contribution < 1.29 is 22.8 Å². The number of Topliss-reactive ketones (excluding diaryl/α,β-unsaturated/α-hetero) is 1. The van der Waals surface area contributed by atoms with E-state index >= 15 is 0 Å². The number of nitrogens with zero attached hydrogens (tertiary/aromatic N) is 3. The van der Waals surface area contributed by atoms with Crippen molar-refractivity contribution in [2.24, 2.45) is 16.9 Å². The Balaban J connectivity index is 0.00000560. The number of carbonyl (C=O) groups excluding carboxylic acids is 3. The van der Waals surface area contributed by atoms with Gasteiger partial charge >= 0.3 is 6.03 Å². The molecule has 5 N–H and O–H groups in total. The van der Waals surface area contributed by atoms with E-state index in [9.17, 15) is 27.7 Å². The van der Waals surface area contributed by atoms with E-state index in [4.69, 9.17) is 23.1 Å². The molecular formula is C25H32Cl2N6O6S. The molecule has 0 saturated carbocycles. The van der Waals surface area contributed by atoms with E-state index in [1.165, 1.54) is 35.2 Å². The van der Waals surface area contributed by atoms with Crippen LogP contribution in [0.2, 0.25) is 5.02 Å². The lowest BCUT2D eigenvalue weighted by Crippen LogP contribution is -2.53. The maximum Gasteiger partial charge on any atom is 0.338 e. The van der Waals surface area contributed by atoms with Crippen molar-refractivity contribution in [1.82, 2.24) is 14.6 Å². The van der Waals surface area contributed by atoms with Gasteiger partial charge in [-0.05, 0) is 55.5 Å². The predicted molar refractivity (Wildman–Crippen MR) is 153 cm³/mol. The van der Waals surface area contributed by atoms with Gasteiger partial charge in [0.2, 0.25) is 15.9 Å². The zero-order chi connectivity index (χ0) is 28.9. The van der Waals surface area contributed by atoms with Gasteiger partial charge in [0.15, 0.2) is 5.78 Å². The zero-order valence-corrected chi connectivity index (χ0v) is 24.3. The number of halogens is 2. The molecule has 1 fully saturated rings. The number of hydrogen-bond acceptors (Lipinski definition) is 8. The molecule has 0 aromatic heterocycles. The third-order valence-corrected chi connectivity index (χ3v) is 8.11. The Labute approximate surface area is 243 Å². The van der Waals surface area contributed by atoms with Gasteiger partial charge in [-0.3, -0.25) is 9.59 Å². The van der Waals surface area contributed by atoms with Gasteiger partial charge in [0, 0.05) is 22.8 Å². The first kappa shape index (κ1) is 32.9. The molecule has 2 aromatic rings. The molecule has 1 heterocycles. The van der Waals surface area contributed by atoms with Crippen LogP contribution in [0.5, 0.6) is 0 Å². The second-order valence-electron chi connectivity index (χ2n) is 9.65. The van der Waals surface area contributed by atoms with Crippen LogP contribution in [0.1, 0.15) is 44.7 Å². The Morgan fingerprint density at radius 3 is 2.40 bits per heavy atom. The third-order valence-electron chi connectivity index (χ3n) is 6.39. The zero-order valence-electron chi connectivity index (χ0n) is 21.9. The number of primary amides is 1. The summed E-state index contributed by atoms with van der Waals surface area (Å²) in [6, 6.07) is 6.57. The van der Waals surface area contributed by atoms with Crippen LogP contribution in [0.3, 0.4) is 0 Å². The van der Waals surface area contributed by atoms with Gasteiger partial charge in [-0.25, -0.2) is 13.2 Å². The summed E-state index contributed by atoms with van der Waals surface area (Å²) in [5.41, 5.74) is 11.5. The number of benzene rings is 2. The van der Waals surface area contributed by atoms with E-state index in [0.29, 0.717) is 6.42 Å². The lowest BCUT2D eigenvalue weighted by molar-refractivity contribution is -0.140. The number of ketones is 1. The maximum absolute atomic E-state index is 13.9. The number of nitrogens with two attached hydrogens (primary N) is 2. The Hall–Kier alpha value is -3.26. The number of sulfonamides is 1. The van der Waals surface area contributed by atoms with E-state index < -0.39 is 45.9 Å². The van der Waals surface area contributed by atoms with Crippen molar-refractivity contribution in [2.75, 3.05) is 12.3 Å². The molecule has 3 rings (SSSR count). The number of rotatable bonds is 11. The average Bonchev–Trinajstić information content (AvgIpc) is 3.37. The normalized spacial score (nSPS) is 16.6. The number of carbonyl (C=O) groups is 3. The number of nitrogens with one attached hydrogen (secondary N) is 1. The molecule has 1 saturated heterocycles. The molecule has 0 radical (unpaired) electrons. The highest BCUT2D eigenvalue weighted by molar-refractivity contribution is 7.89. The average molecular weight is 616 g/mol. The monoisotopic (exact) mass is 614 g/mol. The Kier molecular flexibility index (Phi) is 11.4. The lowest BCUT2D eigenvalue weighted by atomic mass is 9.94. The largest absolute Gasteiger partial charge is 0.398 e. The molecule has 3 atom stereocenters. The molecule has 0 spiro atoms. The van der Waals surface area contributed by atoms with Gasteiger partial charge in [-0.15, -0.1) is 17.3 Å². The van der Waals surface area contributed by atoms with Crippen molar-refractivity contribution in [3.63, 3.8) is 0 Å². The minimum atomic E-state index is -4.06. The van der Waals surface area contributed by atoms with E-state index in [-0.39, 0.29) is 63.9 Å². The number of nitroso groups, excluding NO2 is 1. The number of hydrogen-bond donors (Lipinski definition) is 3. The summed E-state index contributed by atoms with van der Waals surface area (Å²) in [7, 11) is -4.06. The highest BCUT2D eigenvalue weighted by Gasteiger charge is 2.44. The summed E-state index contributed by atoms with van der Waals surface area (Å²) >= 11 is 6.09. The van der Waals surface area contributed by atoms with E-state index in [1.807, 2.05) is 13.8 Å². The smallest absolute Gasteiger partial charge is 0.338 e. The second-order valence-corrected chi connectivity index (χ2v) is 11.8. The van der Waals surface area contributed by atoms with Crippen LogP contribution in [0.25, 0.3) is 0 Å². The summed E-state index contributed by atoms with van der Waals surface area (Å²) in [5.74, 6) is -1.42. The van der Waals surface area contributed by atoms with Gasteiger partial charge in [0.1, 0.15) is 12.1 Å². The lowest BCUT2D eigenvalue weighted by Gasteiger charge is -2.32. The van der Waals surface area contributed by atoms with Crippen molar-refractivity contribution in [2.45, 2.75) is 56.1 Å². The van der Waals surface area contributed by atoms with Gasteiger partial charge in [0.25, 0.3) is 0 Å². The molecule has 40 heavy (non-hydrogen) atoms. The molecule has 12 nitrogen and oxygen atoms in total. The van der Waals surface area contributed by atoms with Gasteiger partial charge in [-0.1, -0.05) is 43.6 Å². The topological polar surface area (TPSA) is 185 Å². The number of urea groups is 1. The molecule has 1 aliphatic rings. The highest BCUT2D eigenvalue weighted by Crippen LogP contribution is 2.34. The highest BCUT2D eigenvalue weighted by atomic mass is 35.5. The molecule has 0 bridgehead atoms. The van der Waals surface area contributed by atoms with Crippen LogP contribution in [-0.4, -0.2) is 54.7 Å². The number of likely N-dealkylation sites (tertiary alicyclic amines) is 1. The molecule has 3 amide bonds. The summed E-state index contributed by atoms with van der Waals surface area (Å²) in [4.78, 5) is 52.6. The summed E-state index contributed by atoms with van der Waals surface area (Å²) in [5, 5.41) is 3.09. The minimum Gasteiger partial charge on any atom is -0.398 e. The van der Waals surface area contributed by atoms with Crippen LogP contribution in [0.15, 0.2) is 58.7 Å². The van der Waals surface area contributed by atoms with Crippen molar-refractivity contribution in [3.8, 4) is 0 Å². The third kappa shape index (κ3) is 7.47. The van der Waals surface area contributed by atoms with Gasteiger partial charge in [0.05, 0.1) is 16.2 Å². The van der Waals surface area contributed by atoms with Crippen LogP contribution >= 0.6 is 24.0 Å². The first-order chi connectivity index (χ1) is 18.4. The van der Waals surface area contributed by atoms with E-state index in [2.05, 4.69) is 10.0 Å². The first-order valence-corrected chi connectivity index (χ1v) is 14.1. The van der Waals surface area contributed by atoms with Crippen molar-refractivity contribution in [1.29, 1.82) is 0 Å². The van der Waals surface area contributed by atoms with Crippen molar-refractivity contribution >= 4 is 57.4 Å². The molecule has 1 aliphatic heterocycles. The Bertz CT molecular complexity index is 1340. The Morgan fingerprint density at radius 2 is 1.82 bits per heavy atom. The maximum atomic E-state index is 13.9. The fourth-order valence-electron chi connectivity index (χ4n) is 4.64. The standard InChI is InChI=1S/C25H31ClN6O6S.ClH/c1-15(2)13-20(29-39(37,38)17-7-4-3-5-8-17)24(34)31-12-6-9-21(31)23(33)22(32(30-36)25(28)35)18-14-16(26)10-11-19(18)27;/h3-5,7-8,10-11,14-15,20-22,29H,6,9,12-13,27H2,1-2H3,(H2,28,35);1H/t20-,21+,22?;/m1./s1. The van der Waals surface area contributed by atoms with E-state index in [1.54, 1.807) is 18.2 Å². The van der Waals surface area contributed by atoms with Crippen LogP contribution in [0, 0.1) is 10.8 Å². The number of anilines is 1. The molecular weight excluding hydrogens is 583 g/mol. The summed E-state index contributed by atoms with van der Waals surface area (Å²) in [6.45, 7) is 3.82. The van der Waals surface area contributed by atoms with E-state index in [0.717, 1.165) is 0 Å². The Morgan fingerprint density at radius 1 is 1.18 bits per heavy atom. The quantitative estimate of drug-likeness (QED) is 0.196. The molecule has 1 unspecified atom stereocenters. The summed E-state index contributed by atoms with van der Waals surface area (Å²) in [6.07, 6.45) is 0.786.